The van der Waals surface area contributed by atoms with E-state index in [1.807, 2.05) is 13.8 Å². The van der Waals surface area contributed by atoms with Gasteiger partial charge in [0.2, 0.25) is 5.95 Å². The van der Waals surface area contributed by atoms with Gasteiger partial charge in [-0.25, -0.2) is 18.7 Å². The van der Waals surface area contributed by atoms with Crippen LogP contribution < -0.4 is 16.2 Å². The molecule has 2 aromatic rings. The number of carbonyl (C=O) groups excluding carboxylic acids is 2. The number of amides is 2. The van der Waals surface area contributed by atoms with Gasteiger partial charge in [0, 0.05) is 24.0 Å². The number of rotatable bonds is 5. The molecule has 1 saturated carbocycles. The largest absolute Gasteiger partial charge is 0.345 e. The topological polar surface area (TPSA) is 96.0 Å². The van der Waals surface area contributed by atoms with Crippen molar-refractivity contribution in [3.05, 3.63) is 53.4 Å². The number of nitrogens with zero attached hydrogens (tertiary/aromatic N) is 2. The Labute approximate surface area is 163 Å². The average Bonchev–Trinajstić information content (AvgIpc) is 3.48. The zero-order chi connectivity index (χ0) is 21.6. The van der Waals surface area contributed by atoms with Crippen LogP contribution >= 0.6 is 0 Å². The normalized spacial score (nSPS) is 13.8. The van der Waals surface area contributed by atoms with Gasteiger partial charge in [-0.2, -0.15) is 8.78 Å². The van der Waals surface area contributed by atoms with E-state index in [0.717, 1.165) is 24.5 Å². The second kappa shape index (κ2) is 9.30. The van der Waals surface area contributed by atoms with Crippen LogP contribution in [-0.4, -0.2) is 28.2 Å². The number of carbonyl (C=O) groups is 2. The lowest BCUT2D eigenvalue weighted by molar-refractivity contribution is -0.132. The Balaban J connectivity index is 0.00000145. The first-order valence-corrected chi connectivity index (χ1v) is 8.75. The monoisotopic (exact) mass is 413 g/mol. The van der Waals surface area contributed by atoms with Crippen molar-refractivity contribution in [2.75, 3.05) is 5.32 Å². The summed E-state index contributed by atoms with van der Waals surface area (Å²) in [7, 11) is 0. The first-order valence-electron chi connectivity index (χ1n) is 8.75. The SMILES string of the molecule is CC.O=C(NNC(=O)C(F)F)c1cnc(NC2(c3ccc(F)cc3F)CC2)nc1. The van der Waals surface area contributed by atoms with Crippen LogP contribution in [-0.2, 0) is 10.3 Å². The van der Waals surface area contributed by atoms with E-state index in [1.54, 1.807) is 10.9 Å². The molecule has 0 saturated heterocycles. The quantitative estimate of drug-likeness (QED) is 0.518. The zero-order valence-corrected chi connectivity index (χ0v) is 15.6. The molecular formula is C18H19F4N5O2. The van der Waals surface area contributed by atoms with Crippen molar-refractivity contribution in [1.29, 1.82) is 0 Å². The fourth-order valence-corrected chi connectivity index (χ4v) is 2.43. The van der Waals surface area contributed by atoms with Crippen LogP contribution in [0, 0.1) is 11.6 Å². The maximum Gasteiger partial charge on any atom is 0.317 e. The number of hydrazine groups is 1. The van der Waals surface area contributed by atoms with Gasteiger partial charge >= 0.3 is 12.3 Å². The highest BCUT2D eigenvalue weighted by molar-refractivity contribution is 5.95. The van der Waals surface area contributed by atoms with Crippen molar-refractivity contribution in [1.82, 2.24) is 20.8 Å². The van der Waals surface area contributed by atoms with Gasteiger partial charge < -0.3 is 5.32 Å². The number of alkyl halides is 2. The summed E-state index contributed by atoms with van der Waals surface area (Å²) in [5.41, 5.74) is 2.77. The highest BCUT2D eigenvalue weighted by atomic mass is 19.3. The molecule has 11 heteroatoms. The fourth-order valence-electron chi connectivity index (χ4n) is 2.43. The number of hydrogen-bond donors (Lipinski definition) is 3. The van der Waals surface area contributed by atoms with Gasteiger partial charge in [-0.1, -0.05) is 19.9 Å². The molecule has 3 rings (SSSR count). The lowest BCUT2D eigenvalue weighted by Crippen LogP contribution is -2.44. The van der Waals surface area contributed by atoms with Crippen molar-refractivity contribution in [3.63, 3.8) is 0 Å². The molecular weight excluding hydrogens is 394 g/mol. The maximum atomic E-state index is 14.0. The number of halogens is 4. The molecule has 0 unspecified atom stereocenters. The lowest BCUT2D eigenvalue weighted by atomic mass is 10.0. The van der Waals surface area contributed by atoms with Crippen LogP contribution in [0.1, 0.15) is 42.6 Å². The van der Waals surface area contributed by atoms with E-state index in [4.69, 9.17) is 0 Å². The first kappa shape index (κ1) is 22.1. The Kier molecular flexibility index (Phi) is 7.08. The molecule has 0 bridgehead atoms. The summed E-state index contributed by atoms with van der Waals surface area (Å²) in [6.45, 7) is 4.00. The molecule has 0 radical (unpaired) electrons. The number of benzene rings is 1. The molecule has 1 aromatic carbocycles. The van der Waals surface area contributed by atoms with E-state index in [9.17, 15) is 27.2 Å². The number of nitrogens with one attached hydrogen (secondary N) is 3. The third kappa shape index (κ3) is 5.39. The minimum Gasteiger partial charge on any atom is -0.345 e. The maximum absolute atomic E-state index is 14.0. The van der Waals surface area contributed by atoms with Crippen molar-refractivity contribution >= 4 is 17.8 Å². The van der Waals surface area contributed by atoms with Crippen molar-refractivity contribution in [3.8, 4) is 0 Å². The molecule has 0 atom stereocenters. The van der Waals surface area contributed by atoms with Crippen LogP contribution in [0.2, 0.25) is 0 Å². The standard InChI is InChI=1S/C16H13F4N5O2.C2H6/c17-9-1-2-10(11(18)5-9)16(3-4-16)23-15-21-6-8(7-22-15)13(26)24-25-14(27)12(19)20;1-2/h1-2,5-7,12H,3-4H2,(H,24,26)(H,25,27)(H,21,22,23);1-2H3. The lowest BCUT2D eigenvalue weighted by Gasteiger charge is -2.18. The van der Waals surface area contributed by atoms with E-state index < -0.39 is 35.4 Å². The van der Waals surface area contributed by atoms with Gasteiger partial charge in [-0.15, -0.1) is 0 Å². The summed E-state index contributed by atoms with van der Waals surface area (Å²) >= 11 is 0. The summed E-state index contributed by atoms with van der Waals surface area (Å²) in [4.78, 5) is 30.3. The molecule has 2 amide bonds. The molecule has 3 N–H and O–H groups in total. The van der Waals surface area contributed by atoms with E-state index in [-0.39, 0.29) is 17.1 Å². The Hall–Kier alpha value is -3.24. The molecule has 1 aliphatic rings. The second-order valence-electron chi connectivity index (χ2n) is 5.87. The molecule has 29 heavy (non-hydrogen) atoms. The van der Waals surface area contributed by atoms with Crippen LogP contribution in [0.4, 0.5) is 23.5 Å². The smallest absolute Gasteiger partial charge is 0.317 e. The van der Waals surface area contributed by atoms with Gasteiger partial charge in [-0.05, 0) is 18.9 Å². The van der Waals surface area contributed by atoms with E-state index in [0.29, 0.717) is 12.8 Å². The predicted molar refractivity (Wildman–Crippen MR) is 95.9 cm³/mol. The van der Waals surface area contributed by atoms with Crippen molar-refractivity contribution in [2.45, 2.75) is 38.7 Å². The predicted octanol–water partition coefficient (Wildman–Crippen LogP) is 2.91. The average molecular weight is 413 g/mol. The minimum atomic E-state index is -3.27. The van der Waals surface area contributed by atoms with Crippen LogP contribution in [0.25, 0.3) is 0 Å². The highest BCUT2D eigenvalue weighted by Gasteiger charge is 2.46. The Morgan fingerprint density at radius 2 is 1.69 bits per heavy atom. The van der Waals surface area contributed by atoms with Crippen LogP contribution in [0.5, 0.6) is 0 Å². The number of anilines is 1. The summed E-state index contributed by atoms with van der Waals surface area (Å²) in [5.74, 6) is -3.81. The Bertz CT molecular complexity index is 873. The van der Waals surface area contributed by atoms with Gasteiger partial charge in [0.15, 0.2) is 0 Å². The van der Waals surface area contributed by atoms with Gasteiger partial charge in [0.1, 0.15) is 11.6 Å². The molecule has 1 aromatic heterocycles. The summed E-state index contributed by atoms with van der Waals surface area (Å²) < 4.78 is 51.2. The third-order valence-corrected chi connectivity index (χ3v) is 3.96. The summed E-state index contributed by atoms with van der Waals surface area (Å²) in [5, 5.41) is 2.95. The molecule has 0 spiro atoms. The molecule has 156 valence electrons. The molecule has 1 heterocycles. The van der Waals surface area contributed by atoms with Crippen LogP contribution in [0.3, 0.4) is 0 Å². The molecule has 0 aliphatic heterocycles. The Morgan fingerprint density at radius 3 is 2.21 bits per heavy atom. The van der Waals surface area contributed by atoms with Gasteiger partial charge in [0.25, 0.3) is 5.91 Å². The number of aromatic nitrogens is 2. The molecule has 7 nitrogen and oxygen atoms in total. The van der Waals surface area contributed by atoms with Crippen LogP contribution in [0.15, 0.2) is 30.6 Å². The highest BCUT2D eigenvalue weighted by Crippen LogP contribution is 2.48. The van der Waals surface area contributed by atoms with E-state index in [2.05, 4.69) is 15.3 Å². The number of hydrogen-bond acceptors (Lipinski definition) is 5. The van der Waals surface area contributed by atoms with Crippen molar-refractivity contribution in [2.24, 2.45) is 0 Å². The van der Waals surface area contributed by atoms with E-state index in [1.165, 1.54) is 6.07 Å². The van der Waals surface area contributed by atoms with Crippen molar-refractivity contribution < 1.29 is 27.2 Å². The van der Waals surface area contributed by atoms with Gasteiger partial charge in [0.05, 0.1) is 11.1 Å². The fraction of sp³-hybridized carbons (Fsp3) is 0.333. The molecule has 1 aliphatic carbocycles. The third-order valence-electron chi connectivity index (χ3n) is 3.96. The minimum absolute atomic E-state index is 0.0899. The van der Waals surface area contributed by atoms with E-state index >= 15 is 0 Å². The molecule has 1 fully saturated rings. The Morgan fingerprint density at radius 1 is 1.07 bits per heavy atom. The van der Waals surface area contributed by atoms with Gasteiger partial charge in [-0.3, -0.25) is 20.4 Å². The second-order valence-corrected chi connectivity index (χ2v) is 5.87. The first-order chi connectivity index (χ1) is 13.8. The zero-order valence-electron chi connectivity index (χ0n) is 15.6. The summed E-state index contributed by atoms with van der Waals surface area (Å²) in [6.07, 6.45) is 0.114. The summed E-state index contributed by atoms with van der Waals surface area (Å²) in [6, 6.07) is 3.29.